The molecule has 0 heterocycles. The average molecular weight is 281 g/mol. The SMILES string of the molecule is Cc1ccc(S(=O)(=O)Nc2cc[c]cc2)cc1Cl. The van der Waals surface area contributed by atoms with Crippen LogP contribution in [0.4, 0.5) is 5.69 Å². The van der Waals surface area contributed by atoms with Crippen LogP contribution in [-0.2, 0) is 10.0 Å². The topological polar surface area (TPSA) is 46.2 Å². The van der Waals surface area contributed by atoms with Gasteiger partial charge >= 0.3 is 0 Å². The van der Waals surface area contributed by atoms with Crippen LogP contribution >= 0.6 is 11.6 Å². The molecule has 0 saturated heterocycles. The molecule has 0 aliphatic carbocycles. The number of nitrogens with one attached hydrogen (secondary N) is 1. The highest BCUT2D eigenvalue weighted by atomic mass is 35.5. The van der Waals surface area contributed by atoms with Gasteiger partial charge in [-0.3, -0.25) is 4.72 Å². The molecule has 0 aliphatic heterocycles. The van der Waals surface area contributed by atoms with Crippen molar-refractivity contribution in [1.29, 1.82) is 0 Å². The molecule has 0 aliphatic rings. The summed E-state index contributed by atoms with van der Waals surface area (Å²) in [7, 11) is -3.60. The first-order chi connectivity index (χ1) is 8.49. The van der Waals surface area contributed by atoms with Crippen molar-refractivity contribution in [3.05, 3.63) is 59.1 Å². The van der Waals surface area contributed by atoms with Crippen molar-refractivity contribution in [3.63, 3.8) is 0 Å². The second kappa shape index (κ2) is 5.00. The number of anilines is 1. The van der Waals surface area contributed by atoms with Gasteiger partial charge in [0, 0.05) is 10.7 Å². The van der Waals surface area contributed by atoms with Crippen molar-refractivity contribution >= 4 is 27.3 Å². The zero-order valence-corrected chi connectivity index (χ0v) is 11.2. The van der Waals surface area contributed by atoms with E-state index in [-0.39, 0.29) is 4.90 Å². The molecular formula is C13H11ClNO2S. The van der Waals surface area contributed by atoms with E-state index in [2.05, 4.69) is 10.8 Å². The molecule has 18 heavy (non-hydrogen) atoms. The van der Waals surface area contributed by atoms with Crippen LogP contribution in [0.2, 0.25) is 5.02 Å². The predicted molar refractivity (Wildman–Crippen MR) is 72.3 cm³/mol. The van der Waals surface area contributed by atoms with E-state index in [1.54, 1.807) is 30.3 Å². The summed E-state index contributed by atoms with van der Waals surface area (Å²) in [4.78, 5) is 0.144. The van der Waals surface area contributed by atoms with Crippen LogP contribution < -0.4 is 4.72 Å². The monoisotopic (exact) mass is 280 g/mol. The van der Waals surface area contributed by atoms with Crippen LogP contribution in [0.15, 0.2) is 47.4 Å². The quantitative estimate of drug-likeness (QED) is 0.938. The van der Waals surface area contributed by atoms with Gasteiger partial charge in [-0.25, -0.2) is 8.42 Å². The van der Waals surface area contributed by atoms with Crippen LogP contribution in [0.25, 0.3) is 0 Å². The van der Waals surface area contributed by atoms with Gasteiger partial charge in [0.05, 0.1) is 4.90 Å². The molecule has 0 aromatic heterocycles. The normalized spacial score (nSPS) is 11.2. The zero-order chi connectivity index (χ0) is 13.2. The van der Waals surface area contributed by atoms with Crippen LogP contribution in [0.3, 0.4) is 0 Å². The summed E-state index contributed by atoms with van der Waals surface area (Å²) in [6.45, 7) is 1.82. The van der Waals surface area contributed by atoms with Crippen LogP contribution in [0.5, 0.6) is 0 Å². The number of rotatable bonds is 3. The first-order valence-electron chi connectivity index (χ1n) is 5.24. The molecule has 3 nitrogen and oxygen atoms in total. The van der Waals surface area contributed by atoms with E-state index in [1.807, 2.05) is 6.92 Å². The summed E-state index contributed by atoms with van der Waals surface area (Å²) in [5.41, 5.74) is 1.33. The third kappa shape index (κ3) is 2.83. The Bertz CT molecular complexity index is 654. The Hall–Kier alpha value is -1.52. The molecule has 0 bridgehead atoms. The third-order valence-electron chi connectivity index (χ3n) is 2.42. The van der Waals surface area contributed by atoms with E-state index in [4.69, 9.17) is 11.6 Å². The van der Waals surface area contributed by atoms with Crippen molar-refractivity contribution in [3.8, 4) is 0 Å². The van der Waals surface area contributed by atoms with Crippen molar-refractivity contribution < 1.29 is 8.42 Å². The lowest BCUT2D eigenvalue weighted by Gasteiger charge is -2.08. The highest BCUT2D eigenvalue weighted by molar-refractivity contribution is 7.92. The van der Waals surface area contributed by atoms with Crippen LogP contribution in [-0.4, -0.2) is 8.42 Å². The Labute approximate surface area is 111 Å². The van der Waals surface area contributed by atoms with Crippen LogP contribution in [0.1, 0.15) is 5.56 Å². The first-order valence-corrected chi connectivity index (χ1v) is 7.10. The third-order valence-corrected chi connectivity index (χ3v) is 4.21. The van der Waals surface area contributed by atoms with E-state index in [0.29, 0.717) is 10.7 Å². The number of sulfonamides is 1. The Morgan fingerprint density at radius 2 is 1.83 bits per heavy atom. The molecule has 2 aromatic carbocycles. The van der Waals surface area contributed by atoms with Gasteiger partial charge in [-0.2, -0.15) is 0 Å². The number of halogens is 1. The molecule has 5 heteroatoms. The molecule has 2 aromatic rings. The summed E-state index contributed by atoms with van der Waals surface area (Å²) in [6.07, 6.45) is 0. The Kier molecular flexibility index (Phi) is 3.59. The van der Waals surface area contributed by atoms with Gasteiger partial charge < -0.3 is 0 Å². The summed E-state index contributed by atoms with van der Waals surface area (Å²) < 4.78 is 26.6. The molecule has 0 fully saturated rings. The van der Waals surface area contributed by atoms with Gasteiger partial charge in [-0.15, -0.1) is 0 Å². The van der Waals surface area contributed by atoms with Crippen molar-refractivity contribution in [1.82, 2.24) is 0 Å². The molecular weight excluding hydrogens is 270 g/mol. The number of hydrogen-bond acceptors (Lipinski definition) is 2. The summed E-state index contributed by atoms with van der Waals surface area (Å²) in [6, 6.07) is 14.0. The minimum Gasteiger partial charge on any atom is -0.280 e. The Morgan fingerprint density at radius 3 is 2.44 bits per heavy atom. The molecule has 0 atom stereocenters. The van der Waals surface area contributed by atoms with Crippen molar-refractivity contribution in [2.24, 2.45) is 0 Å². The van der Waals surface area contributed by atoms with E-state index < -0.39 is 10.0 Å². The van der Waals surface area contributed by atoms with E-state index >= 15 is 0 Å². The second-order valence-corrected chi connectivity index (χ2v) is 5.89. The molecule has 0 unspecified atom stereocenters. The van der Waals surface area contributed by atoms with Gasteiger partial charge in [-0.05, 0) is 42.8 Å². The highest BCUT2D eigenvalue weighted by Gasteiger charge is 2.14. The fourth-order valence-corrected chi connectivity index (χ4v) is 2.74. The molecule has 0 spiro atoms. The minimum atomic E-state index is -3.60. The van der Waals surface area contributed by atoms with Crippen molar-refractivity contribution in [2.75, 3.05) is 4.72 Å². The lowest BCUT2D eigenvalue weighted by molar-refractivity contribution is 0.601. The summed E-state index contributed by atoms with van der Waals surface area (Å²) in [5.74, 6) is 0. The molecule has 0 amide bonds. The molecule has 93 valence electrons. The number of benzene rings is 2. The largest absolute Gasteiger partial charge is 0.280 e. The van der Waals surface area contributed by atoms with E-state index in [9.17, 15) is 8.42 Å². The predicted octanol–water partition coefficient (Wildman–Crippen LogP) is 3.25. The minimum absolute atomic E-state index is 0.144. The number of aryl methyl sites for hydroxylation is 1. The second-order valence-electron chi connectivity index (χ2n) is 3.81. The molecule has 1 N–H and O–H groups in total. The maximum Gasteiger partial charge on any atom is 0.261 e. The smallest absolute Gasteiger partial charge is 0.261 e. The average Bonchev–Trinajstić information content (AvgIpc) is 2.33. The Balaban J connectivity index is 2.34. The van der Waals surface area contributed by atoms with E-state index in [1.165, 1.54) is 12.1 Å². The fraction of sp³-hybridized carbons (Fsp3) is 0.0769. The Morgan fingerprint density at radius 1 is 1.17 bits per heavy atom. The first kappa shape index (κ1) is 12.9. The fourth-order valence-electron chi connectivity index (χ4n) is 1.41. The van der Waals surface area contributed by atoms with Gasteiger partial charge in [-0.1, -0.05) is 29.8 Å². The molecule has 0 saturated carbocycles. The summed E-state index contributed by atoms with van der Waals surface area (Å²) >= 11 is 5.93. The van der Waals surface area contributed by atoms with Gasteiger partial charge in [0.2, 0.25) is 0 Å². The maximum absolute atomic E-state index is 12.1. The van der Waals surface area contributed by atoms with Gasteiger partial charge in [0.25, 0.3) is 10.0 Å². The maximum atomic E-state index is 12.1. The lowest BCUT2D eigenvalue weighted by atomic mass is 10.2. The zero-order valence-electron chi connectivity index (χ0n) is 9.64. The van der Waals surface area contributed by atoms with Gasteiger partial charge in [0.15, 0.2) is 0 Å². The number of hydrogen-bond donors (Lipinski definition) is 1. The standard InChI is InChI=1S/C13H11ClNO2S/c1-10-7-8-12(9-13(10)14)18(16,17)15-11-5-3-2-4-6-11/h3-9,15H,1H3. The molecule has 2 rings (SSSR count). The van der Waals surface area contributed by atoms with E-state index in [0.717, 1.165) is 5.56 Å². The van der Waals surface area contributed by atoms with Gasteiger partial charge in [0.1, 0.15) is 0 Å². The molecule has 1 radical (unpaired) electrons. The van der Waals surface area contributed by atoms with Crippen LogP contribution in [0, 0.1) is 13.0 Å². The summed E-state index contributed by atoms with van der Waals surface area (Å²) in [5, 5.41) is 0.430. The lowest BCUT2D eigenvalue weighted by Crippen LogP contribution is -2.12. The highest BCUT2D eigenvalue weighted by Crippen LogP contribution is 2.21. The van der Waals surface area contributed by atoms with Crippen molar-refractivity contribution in [2.45, 2.75) is 11.8 Å².